The van der Waals surface area contributed by atoms with Crippen LogP contribution in [0.4, 0.5) is 5.69 Å². The molecule has 0 saturated carbocycles. The van der Waals surface area contributed by atoms with Crippen molar-refractivity contribution in [2.75, 3.05) is 5.73 Å². The molecule has 1 aromatic carbocycles. The Hall–Kier alpha value is -2.28. The number of aromatic nitrogens is 4. The number of hydrogen-bond acceptors (Lipinski definition) is 5. The molecular weight excluding hydrogens is 262 g/mol. The van der Waals surface area contributed by atoms with E-state index in [0.29, 0.717) is 11.5 Å². The van der Waals surface area contributed by atoms with Crippen LogP contribution in [0, 0.1) is 6.92 Å². The fourth-order valence-corrected chi connectivity index (χ4v) is 2.64. The van der Waals surface area contributed by atoms with Crippen molar-refractivity contribution in [1.29, 1.82) is 0 Å². The zero-order valence-electron chi connectivity index (χ0n) is 10.1. The average molecular weight is 273 g/mol. The minimum atomic E-state index is -0.274. The van der Waals surface area contributed by atoms with Crippen molar-refractivity contribution in [3.05, 3.63) is 46.6 Å². The molecule has 19 heavy (non-hydrogen) atoms. The van der Waals surface area contributed by atoms with Crippen molar-refractivity contribution < 1.29 is 0 Å². The van der Waals surface area contributed by atoms with E-state index in [2.05, 4.69) is 15.2 Å². The third kappa shape index (κ3) is 2.19. The molecule has 3 aromatic rings. The molecule has 0 aliphatic rings. The molecule has 0 saturated heterocycles. The van der Waals surface area contributed by atoms with E-state index in [9.17, 15) is 4.79 Å². The number of aryl methyl sites for hydroxylation is 1. The predicted molar refractivity (Wildman–Crippen MR) is 73.3 cm³/mol. The molecule has 2 heterocycles. The van der Waals surface area contributed by atoms with Crippen LogP contribution in [0.3, 0.4) is 0 Å². The van der Waals surface area contributed by atoms with E-state index >= 15 is 0 Å². The van der Waals surface area contributed by atoms with Gasteiger partial charge in [-0.2, -0.15) is 5.10 Å². The van der Waals surface area contributed by atoms with Crippen LogP contribution in [-0.2, 0) is 0 Å². The summed E-state index contributed by atoms with van der Waals surface area (Å²) in [4.78, 5) is 16.9. The molecule has 96 valence electrons. The standard InChI is InChI=1S/C12H11N5OS/c1-7-14-11(6-10-15-16-12(18)17(7)10)19-9-4-2-8(13)3-5-9/h2-6H,13H2,1H3,(H,16,18). The number of aromatic amines is 1. The smallest absolute Gasteiger partial charge is 0.349 e. The summed E-state index contributed by atoms with van der Waals surface area (Å²) in [6.07, 6.45) is 0. The first-order chi connectivity index (χ1) is 9.13. The van der Waals surface area contributed by atoms with E-state index < -0.39 is 0 Å². The first kappa shape index (κ1) is 11.8. The van der Waals surface area contributed by atoms with Gasteiger partial charge in [-0.15, -0.1) is 0 Å². The van der Waals surface area contributed by atoms with E-state index in [1.165, 1.54) is 16.2 Å². The van der Waals surface area contributed by atoms with E-state index in [1.54, 1.807) is 13.0 Å². The number of nitrogens with one attached hydrogen (secondary N) is 1. The molecule has 6 nitrogen and oxygen atoms in total. The summed E-state index contributed by atoms with van der Waals surface area (Å²) in [5, 5.41) is 7.14. The molecule has 0 spiro atoms. The van der Waals surface area contributed by atoms with Gasteiger partial charge in [0.1, 0.15) is 10.9 Å². The molecule has 0 fully saturated rings. The molecule has 0 bridgehead atoms. The van der Waals surface area contributed by atoms with Crippen LogP contribution in [0.1, 0.15) is 5.82 Å². The Bertz CT molecular complexity index is 790. The molecule has 0 aliphatic heterocycles. The lowest BCUT2D eigenvalue weighted by molar-refractivity contribution is 0.896. The van der Waals surface area contributed by atoms with Gasteiger partial charge in [-0.05, 0) is 31.2 Å². The highest BCUT2D eigenvalue weighted by molar-refractivity contribution is 7.99. The Morgan fingerprint density at radius 3 is 2.79 bits per heavy atom. The number of anilines is 1. The van der Waals surface area contributed by atoms with Gasteiger partial charge in [0.25, 0.3) is 0 Å². The van der Waals surface area contributed by atoms with Crippen molar-refractivity contribution in [2.45, 2.75) is 16.8 Å². The van der Waals surface area contributed by atoms with Crippen LogP contribution in [0.25, 0.3) is 5.65 Å². The average Bonchev–Trinajstić information content (AvgIpc) is 2.74. The summed E-state index contributed by atoms with van der Waals surface area (Å²) in [7, 11) is 0. The second kappa shape index (κ2) is 4.43. The second-order valence-electron chi connectivity index (χ2n) is 4.04. The van der Waals surface area contributed by atoms with Crippen LogP contribution in [0.5, 0.6) is 0 Å². The van der Waals surface area contributed by atoms with Crippen LogP contribution in [0.2, 0.25) is 0 Å². The summed E-state index contributed by atoms with van der Waals surface area (Å²) in [6, 6.07) is 9.31. The number of H-pyrrole nitrogens is 1. The van der Waals surface area contributed by atoms with E-state index in [0.717, 1.165) is 15.6 Å². The van der Waals surface area contributed by atoms with Gasteiger partial charge in [0.2, 0.25) is 0 Å². The van der Waals surface area contributed by atoms with Gasteiger partial charge >= 0.3 is 5.69 Å². The van der Waals surface area contributed by atoms with Gasteiger partial charge in [-0.25, -0.2) is 19.3 Å². The van der Waals surface area contributed by atoms with Crippen LogP contribution >= 0.6 is 11.8 Å². The maximum Gasteiger partial charge on any atom is 0.349 e. The monoisotopic (exact) mass is 273 g/mol. The highest BCUT2D eigenvalue weighted by atomic mass is 32.2. The highest BCUT2D eigenvalue weighted by Crippen LogP contribution is 2.27. The number of benzene rings is 1. The summed E-state index contributed by atoms with van der Waals surface area (Å²) in [5.74, 6) is 0.606. The largest absolute Gasteiger partial charge is 0.399 e. The third-order valence-corrected chi connectivity index (χ3v) is 3.58. The Morgan fingerprint density at radius 2 is 2.05 bits per heavy atom. The van der Waals surface area contributed by atoms with E-state index in [1.807, 2.05) is 24.3 Å². The van der Waals surface area contributed by atoms with Crippen molar-refractivity contribution in [2.24, 2.45) is 0 Å². The molecule has 0 amide bonds. The number of hydrogen-bond donors (Lipinski definition) is 2. The molecule has 0 unspecified atom stereocenters. The maximum absolute atomic E-state index is 11.5. The lowest BCUT2D eigenvalue weighted by Crippen LogP contribution is -2.13. The van der Waals surface area contributed by atoms with Gasteiger partial charge in [0, 0.05) is 16.6 Å². The summed E-state index contributed by atoms with van der Waals surface area (Å²) in [5.41, 5.74) is 6.66. The summed E-state index contributed by atoms with van der Waals surface area (Å²) in [6.45, 7) is 1.77. The number of rotatable bonds is 2. The number of nitrogens with zero attached hydrogens (tertiary/aromatic N) is 3. The molecule has 3 N–H and O–H groups in total. The minimum absolute atomic E-state index is 0.274. The Labute approximate surface area is 112 Å². The second-order valence-corrected chi connectivity index (χ2v) is 5.13. The highest BCUT2D eigenvalue weighted by Gasteiger charge is 2.07. The number of nitrogen functional groups attached to an aromatic ring is 1. The summed E-state index contributed by atoms with van der Waals surface area (Å²) < 4.78 is 1.44. The summed E-state index contributed by atoms with van der Waals surface area (Å²) >= 11 is 1.50. The third-order valence-electron chi connectivity index (χ3n) is 2.65. The maximum atomic E-state index is 11.5. The SMILES string of the molecule is Cc1nc(Sc2ccc(N)cc2)cc2n[nH]c(=O)n12. The van der Waals surface area contributed by atoms with Gasteiger partial charge in [-0.3, -0.25) is 0 Å². The lowest BCUT2D eigenvalue weighted by Gasteiger charge is -2.03. The van der Waals surface area contributed by atoms with Crippen molar-refractivity contribution in [3.8, 4) is 0 Å². The van der Waals surface area contributed by atoms with Crippen LogP contribution in [0.15, 0.2) is 45.0 Å². The molecule has 3 rings (SSSR count). The molecule has 0 aliphatic carbocycles. The van der Waals surface area contributed by atoms with Gasteiger partial charge in [-0.1, -0.05) is 11.8 Å². The fourth-order valence-electron chi connectivity index (χ4n) is 1.78. The molecular formula is C12H11N5OS. The number of nitrogens with two attached hydrogens (primary N) is 1. The molecule has 0 atom stereocenters. The zero-order chi connectivity index (χ0) is 13.4. The molecule has 0 radical (unpaired) electrons. The predicted octanol–water partition coefficient (Wildman–Crippen LogP) is 1.46. The van der Waals surface area contributed by atoms with Crippen molar-refractivity contribution >= 4 is 23.1 Å². The quantitative estimate of drug-likeness (QED) is 0.545. The van der Waals surface area contributed by atoms with Gasteiger partial charge < -0.3 is 5.73 Å². The minimum Gasteiger partial charge on any atom is -0.399 e. The zero-order valence-corrected chi connectivity index (χ0v) is 10.9. The van der Waals surface area contributed by atoms with Crippen molar-refractivity contribution in [1.82, 2.24) is 19.6 Å². The van der Waals surface area contributed by atoms with Gasteiger partial charge in [0.05, 0.1) is 0 Å². The Kier molecular flexibility index (Phi) is 2.75. The number of fused-ring (bicyclic) bond motifs is 1. The Balaban J connectivity index is 2.01. The first-order valence-corrected chi connectivity index (χ1v) is 6.43. The molecule has 7 heteroatoms. The fraction of sp³-hybridized carbons (Fsp3) is 0.0833. The lowest BCUT2D eigenvalue weighted by atomic mass is 10.3. The van der Waals surface area contributed by atoms with E-state index in [4.69, 9.17) is 5.73 Å². The normalized spacial score (nSPS) is 11.0. The Morgan fingerprint density at radius 1 is 1.32 bits per heavy atom. The van der Waals surface area contributed by atoms with E-state index in [-0.39, 0.29) is 5.69 Å². The molecule has 2 aromatic heterocycles. The van der Waals surface area contributed by atoms with Crippen LogP contribution in [-0.4, -0.2) is 19.6 Å². The topological polar surface area (TPSA) is 89.1 Å². The van der Waals surface area contributed by atoms with Crippen LogP contribution < -0.4 is 11.4 Å². The first-order valence-electron chi connectivity index (χ1n) is 5.62. The van der Waals surface area contributed by atoms with Gasteiger partial charge in [0.15, 0.2) is 5.65 Å². The van der Waals surface area contributed by atoms with Crippen molar-refractivity contribution in [3.63, 3.8) is 0 Å².